The summed E-state index contributed by atoms with van der Waals surface area (Å²) in [6.07, 6.45) is 8.00. The number of pyridine rings is 2. The summed E-state index contributed by atoms with van der Waals surface area (Å²) in [5.74, 6) is -0.657. The SMILES string of the molecule is O=C(OCc1cc[n+](Cc2ccccc2C[n+]2ccc(COC(=O)c3ccccc3)cc2)cc1)c1ccccc1. The van der Waals surface area contributed by atoms with E-state index in [-0.39, 0.29) is 25.2 Å². The van der Waals surface area contributed by atoms with Crippen LogP contribution in [0.5, 0.6) is 0 Å². The predicted octanol–water partition coefficient (Wildman–Crippen LogP) is 5.07. The molecule has 0 aliphatic heterocycles. The molecule has 0 amide bonds. The fourth-order valence-corrected chi connectivity index (χ4v) is 4.25. The molecule has 0 atom stereocenters. The van der Waals surface area contributed by atoms with Crippen LogP contribution in [0.1, 0.15) is 43.0 Å². The molecule has 0 aliphatic rings. The third-order valence-electron chi connectivity index (χ3n) is 6.50. The number of hydrogen-bond donors (Lipinski definition) is 0. The Morgan fingerprint density at radius 2 is 0.825 bits per heavy atom. The average Bonchev–Trinajstić information content (AvgIpc) is 3.02. The maximum Gasteiger partial charge on any atom is 0.338 e. The van der Waals surface area contributed by atoms with Crippen LogP contribution < -0.4 is 9.13 Å². The molecule has 2 heterocycles. The fraction of sp³-hybridized carbons (Fsp3) is 0.118. The van der Waals surface area contributed by atoms with E-state index < -0.39 is 0 Å². The molecule has 0 saturated heterocycles. The molecular weight excluding hydrogens is 500 g/mol. The van der Waals surface area contributed by atoms with E-state index in [1.54, 1.807) is 24.3 Å². The van der Waals surface area contributed by atoms with Crippen molar-refractivity contribution < 1.29 is 28.2 Å². The minimum atomic E-state index is -0.329. The van der Waals surface area contributed by atoms with Crippen LogP contribution in [0, 0.1) is 0 Å². The number of ether oxygens (including phenoxy) is 2. The largest absolute Gasteiger partial charge is 0.457 e. The molecule has 5 rings (SSSR count). The summed E-state index contributed by atoms with van der Waals surface area (Å²) in [6, 6.07) is 34.2. The van der Waals surface area contributed by atoms with Gasteiger partial charge in [0.25, 0.3) is 0 Å². The summed E-state index contributed by atoms with van der Waals surface area (Å²) >= 11 is 0. The second kappa shape index (κ2) is 13.1. The zero-order valence-electron chi connectivity index (χ0n) is 22.1. The number of aromatic nitrogens is 2. The van der Waals surface area contributed by atoms with Crippen LogP contribution in [0.4, 0.5) is 0 Å². The van der Waals surface area contributed by atoms with Crippen LogP contribution in [0.2, 0.25) is 0 Å². The Hall–Kier alpha value is -5.10. The summed E-state index contributed by atoms with van der Waals surface area (Å²) in [6.45, 7) is 1.88. The minimum Gasteiger partial charge on any atom is -0.457 e. The molecule has 0 bridgehead atoms. The summed E-state index contributed by atoms with van der Waals surface area (Å²) in [7, 11) is 0. The molecular formula is C34H30N2O4+2. The van der Waals surface area contributed by atoms with Crippen LogP contribution in [-0.4, -0.2) is 11.9 Å². The quantitative estimate of drug-likeness (QED) is 0.187. The Kier molecular flexibility index (Phi) is 8.69. The molecule has 3 aromatic carbocycles. The molecule has 0 aliphatic carbocycles. The van der Waals surface area contributed by atoms with Gasteiger partial charge in [-0.15, -0.1) is 0 Å². The Morgan fingerprint density at radius 3 is 1.20 bits per heavy atom. The number of carbonyl (C=O) groups excluding carboxylic acids is 2. The van der Waals surface area contributed by atoms with Gasteiger partial charge in [-0.2, -0.15) is 0 Å². The van der Waals surface area contributed by atoms with E-state index >= 15 is 0 Å². The Labute approximate surface area is 233 Å². The smallest absolute Gasteiger partial charge is 0.338 e. The zero-order valence-corrected chi connectivity index (χ0v) is 22.1. The van der Waals surface area contributed by atoms with Gasteiger partial charge in [-0.1, -0.05) is 60.7 Å². The Balaban J connectivity index is 1.15. The topological polar surface area (TPSA) is 60.4 Å². The zero-order chi connectivity index (χ0) is 27.6. The summed E-state index contributed by atoms with van der Waals surface area (Å²) < 4.78 is 15.1. The van der Waals surface area contributed by atoms with E-state index in [1.165, 1.54) is 11.1 Å². The number of hydrogen-bond acceptors (Lipinski definition) is 4. The summed E-state index contributed by atoms with van der Waals surface area (Å²) in [5.41, 5.74) is 5.37. The first kappa shape index (κ1) is 26.5. The number of rotatable bonds is 10. The lowest BCUT2D eigenvalue weighted by molar-refractivity contribution is -0.693. The first-order chi connectivity index (χ1) is 19.6. The van der Waals surface area contributed by atoms with Crippen molar-refractivity contribution in [1.82, 2.24) is 0 Å². The predicted molar refractivity (Wildman–Crippen MR) is 149 cm³/mol. The van der Waals surface area contributed by atoms with E-state index in [1.807, 2.05) is 97.6 Å². The number of nitrogens with zero attached hydrogens (tertiary/aromatic N) is 2. The Bertz CT molecular complexity index is 1430. The lowest BCUT2D eigenvalue weighted by Gasteiger charge is -2.07. The molecule has 6 heteroatoms. The second-order valence-corrected chi connectivity index (χ2v) is 9.41. The fourth-order valence-electron chi connectivity index (χ4n) is 4.25. The van der Waals surface area contributed by atoms with Crippen molar-refractivity contribution in [3.63, 3.8) is 0 Å². The third kappa shape index (κ3) is 7.26. The van der Waals surface area contributed by atoms with Crippen molar-refractivity contribution in [2.24, 2.45) is 0 Å². The minimum absolute atomic E-state index is 0.225. The van der Waals surface area contributed by atoms with Gasteiger partial charge in [-0.25, -0.2) is 18.7 Å². The maximum absolute atomic E-state index is 12.2. The highest BCUT2D eigenvalue weighted by molar-refractivity contribution is 5.89. The van der Waals surface area contributed by atoms with Crippen molar-refractivity contribution in [2.75, 3.05) is 0 Å². The van der Waals surface area contributed by atoms with Gasteiger partial charge in [-0.05, 0) is 24.3 Å². The van der Waals surface area contributed by atoms with Gasteiger partial charge in [0.05, 0.1) is 11.1 Å². The molecule has 0 saturated carbocycles. The molecule has 0 radical (unpaired) electrons. The first-order valence-electron chi connectivity index (χ1n) is 13.1. The van der Waals surface area contributed by atoms with E-state index in [0.717, 1.165) is 11.1 Å². The molecule has 6 nitrogen and oxygen atoms in total. The van der Waals surface area contributed by atoms with Gasteiger partial charge < -0.3 is 9.47 Å². The third-order valence-corrected chi connectivity index (χ3v) is 6.50. The normalized spacial score (nSPS) is 10.6. The molecule has 0 unspecified atom stereocenters. The molecule has 2 aromatic heterocycles. The van der Waals surface area contributed by atoms with Gasteiger partial charge in [0.1, 0.15) is 13.2 Å². The van der Waals surface area contributed by atoms with Crippen LogP contribution in [-0.2, 0) is 35.8 Å². The van der Waals surface area contributed by atoms with Gasteiger partial charge in [-0.3, -0.25) is 0 Å². The standard InChI is InChI=1S/C34H30N2O4/c37-33(29-9-3-1-4-10-29)39-25-27-15-19-35(20-16-27)23-31-13-7-8-14-32(31)24-36-21-17-28(18-22-36)26-40-34(38)30-11-5-2-6-12-30/h1-22H,23-26H2/q+2. The molecule has 198 valence electrons. The van der Waals surface area contributed by atoms with Gasteiger partial charge in [0.2, 0.25) is 0 Å². The Morgan fingerprint density at radius 1 is 0.475 bits per heavy atom. The van der Waals surface area contributed by atoms with Crippen LogP contribution in [0.25, 0.3) is 0 Å². The molecule has 0 spiro atoms. The number of benzene rings is 3. The van der Waals surface area contributed by atoms with Crippen LogP contribution in [0.15, 0.2) is 134 Å². The highest BCUT2D eigenvalue weighted by Crippen LogP contribution is 2.10. The van der Waals surface area contributed by atoms with Gasteiger partial charge >= 0.3 is 11.9 Å². The van der Waals surface area contributed by atoms with Crippen molar-refractivity contribution in [3.05, 3.63) is 167 Å². The highest BCUT2D eigenvalue weighted by atomic mass is 16.5. The molecule has 5 aromatic rings. The monoisotopic (exact) mass is 530 g/mol. The molecule has 40 heavy (non-hydrogen) atoms. The van der Waals surface area contributed by atoms with Crippen LogP contribution in [0.3, 0.4) is 0 Å². The van der Waals surface area contributed by atoms with Crippen LogP contribution >= 0.6 is 0 Å². The van der Waals surface area contributed by atoms with Crippen molar-refractivity contribution in [2.45, 2.75) is 26.3 Å². The van der Waals surface area contributed by atoms with E-state index in [0.29, 0.717) is 24.2 Å². The highest BCUT2D eigenvalue weighted by Gasteiger charge is 2.13. The lowest BCUT2D eigenvalue weighted by Crippen LogP contribution is -2.37. The van der Waals surface area contributed by atoms with Crippen molar-refractivity contribution >= 4 is 11.9 Å². The first-order valence-corrected chi connectivity index (χ1v) is 13.1. The number of carbonyl (C=O) groups is 2. The maximum atomic E-state index is 12.2. The molecule has 0 N–H and O–H groups in total. The van der Waals surface area contributed by atoms with Crippen molar-refractivity contribution in [1.29, 1.82) is 0 Å². The average molecular weight is 531 g/mol. The van der Waals surface area contributed by atoms with Gasteiger partial charge in [0.15, 0.2) is 37.9 Å². The lowest BCUT2D eigenvalue weighted by atomic mass is 10.1. The summed E-state index contributed by atoms with van der Waals surface area (Å²) in [4.78, 5) is 24.4. The van der Waals surface area contributed by atoms with E-state index in [2.05, 4.69) is 21.3 Å². The van der Waals surface area contributed by atoms with Crippen molar-refractivity contribution in [3.8, 4) is 0 Å². The van der Waals surface area contributed by atoms with Gasteiger partial charge in [0, 0.05) is 46.5 Å². The van der Waals surface area contributed by atoms with E-state index in [9.17, 15) is 9.59 Å². The second-order valence-electron chi connectivity index (χ2n) is 9.41. The van der Waals surface area contributed by atoms with E-state index in [4.69, 9.17) is 9.47 Å². The summed E-state index contributed by atoms with van der Waals surface area (Å²) in [5, 5.41) is 0. The number of esters is 2. The molecule has 0 fully saturated rings.